The SMILES string of the molecule is CSc1nnc(SCC(=O)C(C#N)c2nc(-c3ccccc3)cs2)s1. The van der Waals surface area contributed by atoms with Crippen molar-refractivity contribution in [2.24, 2.45) is 0 Å². The van der Waals surface area contributed by atoms with Crippen LogP contribution in [0.25, 0.3) is 11.3 Å². The number of rotatable bonds is 7. The smallest absolute Gasteiger partial charge is 0.175 e. The fourth-order valence-electron chi connectivity index (χ4n) is 1.98. The predicted octanol–water partition coefficient (Wildman–Crippen LogP) is 4.35. The lowest BCUT2D eigenvalue weighted by molar-refractivity contribution is -0.116. The normalized spacial score (nSPS) is 11.8. The first-order valence-corrected chi connectivity index (χ1v) is 11.1. The summed E-state index contributed by atoms with van der Waals surface area (Å²) < 4.78 is 1.60. The molecule has 0 aliphatic rings. The average Bonchev–Trinajstić information content (AvgIpc) is 3.31. The first-order chi connectivity index (χ1) is 12.2. The maximum absolute atomic E-state index is 12.4. The molecular weight excluding hydrogens is 392 g/mol. The van der Waals surface area contributed by atoms with Gasteiger partial charge in [0.2, 0.25) is 0 Å². The standard InChI is InChI=1S/C16H12N4OS4/c1-22-15-19-20-16(25-15)24-9-13(21)11(7-17)14-18-12(8-23-14)10-5-3-2-4-6-10/h2-6,8,11H,9H2,1H3. The van der Waals surface area contributed by atoms with Gasteiger partial charge in [0.25, 0.3) is 0 Å². The van der Waals surface area contributed by atoms with E-state index in [0.717, 1.165) is 19.9 Å². The molecule has 0 N–H and O–H groups in total. The van der Waals surface area contributed by atoms with Gasteiger partial charge in [-0.15, -0.1) is 21.5 Å². The van der Waals surface area contributed by atoms with Crippen molar-refractivity contribution in [3.8, 4) is 17.3 Å². The van der Waals surface area contributed by atoms with E-state index in [0.29, 0.717) is 5.01 Å². The predicted molar refractivity (Wildman–Crippen MR) is 103 cm³/mol. The van der Waals surface area contributed by atoms with E-state index >= 15 is 0 Å². The van der Waals surface area contributed by atoms with Gasteiger partial charge in [-0.3, -0.25) is 4.79 Å². The molecule has 2 aromatic heterocycles. The number of carbonyl (C=O) groups is 1. The van der Waals surface area contributed by atoms with E-state index < -0.39 is 5.92 Å². The van der Waals surface area contributed by atoms with Crippen molar-refractivity contribution in [3.05, 3.63) is 40.7 Å². The first-order valence-electron chi connectivity index (χ1n) is 7.14. The van der Waals surface area contributed by atoms with Crippen LogP contribution in [0.1, 0.15) is 10.9 Å². The molecule has 9 heteroatoms. The Labute approximate surface area is 161 Å². The Bertz CT molecular complexity index is 900. The summed E-state index contributed by atoms with van der Waals surface area (Å²) in [6, 6.07) is 11.8. The Balaban J connectivity index is 1.68. The lowest BCUT2D eigenvalue weighted by Gasteiger charge is -2.03. The molecule has 1 aromatic carbocycles. The van der Waals surface area contributed by atoms with Crippen LogP contribution < -0.4 is 0 Å². The van der Waals surface area contributed by atoms with Gasteiger partial charge in [0, 0.05) is 10.9 Å². The molecule has 1 unspecified atom stereocenters. The topological polar surface area (TPSA) is 79.5 Å². The van der Waals surface area contributed by atoms with E-state index in [-0.39, 0.29) is 11.5 Å². The van der Waals surface area contributed by atoms with E-state index in [1.807, 2.05) is 42.0 Å². The highest BCUT2D eigenvalue weighted by molar-refractivity contribution is 8.03. The van der Waals surface area contributed by atoms with Gasteiger partial charge in [-0.2, -0.15) is 5.26 Å². The molecule has 25 heavy (non-hydrogen) atoms. The Kier molecular flexibility index (Phi) is 6.20. The zero-order valence-corrected chi connectivity index (χ0v) is 16.3. The summed E-state index contributed by atoms with van der Waals surface area (Å²) in [6.07, 6.45) is 1.93. The lowest BCUT2D eigenvalue weighted by atomic mass is 10.1. The molecule has 0 radical (unpaired) electrons. The van der Waals surface area contributed by atoms with Crippen molar-refractivity contribution in [3.63, 3.8) is 0 Å². The molecule has 0 spiro atoms. The zero-order valence-electron chi connectivity index (χ0n) is 13.1. The van der Waals surface area contributed by atoms with Crippen molar-refractivity contribution in [2.45, 2.75) is 14.6 Å². The van der Waals surface area contributed by atoms with Gasteiger partial charge in [-0.1, -0.05) is 65.2 Å². The van der Waals surface area contributed by atoms with Crippen LogP contribution in [0.15, 0.2) is 44.4 Å². The van der Waals surface area contributed by atoms with Crippen LogP contribution in [0.2, 0.25) is 0 Å². The van der Waals surface area contributed by atoms with Crippen molar-refractivity contribution in [1.29, 1.82) is 5.26 Å². The molecule has 0 bridgehead atoms. The molecular formula is C16H12N4OS4. The second-order valence-electron chi connectivity index (χ2n) is 4.79. The van der Waals surface area contributed by atoms with Crippen LogP contribution in [-0.4, -0.2) is 33.0 Å². The van der Waals surface area contributed by atoms with Gasteiger partial charge in [-0.25, -0.2) is 4.98 Å². The largest absolute Gasteiger partial charge is 0.297 e. The quantitative estimate of drug-likeness (QED) is 0.542. The molecule has 0 saturated carbocycles. The molecule has 126 valence electrons. The highest BCUT2D eigenvalue weighted by Gasteiger charge is 2.24. The van der Waals surface area contributed by atoms with Crippen molar-refractivity contribution < 1.29 is 4.79 Å². The van der Waals surface area contributed by atoms with Crippen molar-refractivity contribution in [1.82, 2.24) is 15.2 Å². The maximum Gasteiger partial charge on any atom is 0.175 e. The second-order valence-corrected chi connectivity index (χ2v) is 8.94. The number of ketones is 1. The molecule has 0 aliphatic carbocycles. The number of nitrogens with zero attached hydrogens (tertiary/aromatic N) is 4. The third-order valence-electron chi connectivity index (χ3n) is 3.19. The molecule has 3 aromatic rings. The minimum absolute atomic E-state index is 0.164. The minimum atomic E-state index is -0.845. The van der Waals surface area contributed by atoms with E-state index in [2.05, 4.69) is 21.3 Å². The fraction of sp³-hybridized carbons (Fsp3) is 0.188. The van der Waals surface area contributed by atoms with Crippen LogP contribution in [0.4, 0.5) is 0 Å². The monoisotopic (exact) mass is 404 g/mol. The Morgan fingerprint density at radius 3 is 2.72 bits per heavy atom. The highest BCUT2D eigenvalue weighted by Crippen LogP contribution is 2.30. The van der Waals surface area contributed by atoms with E-state index in [9.17, 15) is 10.1 Å². The van der Waals surface area contributed by atoms with Crippen LogP contribution >= 0.6 is 46.2 Å². The number of thiazole rings is 1. The zero-order chi connectivity index (χ0) is 17.6. The average molecular weight is 405 g/mol. The number of Topliss-reactive ketones (excluding diaryl/α,β-unsaturated/α-hetero) is 1. The summed E-state index contributed by atoms with van der Waals surface area (Å²) in [7, 11) is 0. The summed E-state index contributed by atoms with van der Waals surface area (Å²) in [5.41, 5.74) is 1.76. The summed E-state index contributed by atoms with van der Waals surface area (Å²) >= 11 is 5.62. The highest BCUT2D eigenvalue weighted by atomic mass is 32.2. The molecule has 5 nitrogen and oxygen atoms in total. The van der Waals surface area contributed by atoms with Gasteiger partial charge >= 0.3 is 0 Å². The Hall–Kier alpha value is -1.73. The molecule has 3 rings (SSSR count). The molecule has 0 fully saturated rings. The summed E-state index contributed by atoms with van der Waals surface area (Å²) in [5.74, 6) is -0.827. The molecule has 1 atom stereocenters. The maximum atomic E-state index is 12.4. The van der Waals surface area contributed by atoms with Gasteiger partial charge < -0.3 is 0 Å². The van der Waals surface area contributed by atoms with E-state index in [1.165, 1.54) is 46.2 Å². The number of hydrogen-bond donors (Lipinski definition) is 0. The van der Waals surface area contributed by atoms with Crippen LogP contribution in [0.5, 0.6) is 0 Å². The van der Waals surface area contributed by atoms with Gasteiger partial charge in [0.1, 0.15) is 5.01 Å². The second kappa shape index (κ2) is 8.58. The number of benzene rings is 1. The Morgan fingerprint density at radius 2 is 2.04 bits per heavy atom. The van der Waals surface area contributed by atoms with E-state index in [1.54, 1.807) is 0 Å². The Morgan fingerprint density at radius 1 is 1.28 bits per heavy atom. The molecule has 0 saturated heterocycles. The van der Waals surface area contributed by atoms with Crippen LogP contribution in [0.3, 0.4) is 0 Å². The van der Waals surface area contributed by atoms with Gasteiger partial charge in [0.05, 0.1) is 17.5 Å². The molecule has 0 amide bonds. The van der Waals surface area contributed by atoms with Crippen LogP contribution in [0, 0.1) is 11.3 Å². The van der Waals surface area contributed by atoms with Crippen LogP contribution in [-0.2, 0) is 4.79 Å². The molecule has 2 heterocycles. The fourth-order valence-corrected chi connectivity index (χ4v) is 5.22. The van der Waals surface area contributed by atoms with E-state index in [4.69, 9.17) is 0 Å². The summed E-state index contributed by atoms with van der Waals surface area (Å²) in [6.45, 7) is 0. The summed E-state index contributed by atoms with van der Waals surface area (Å²) in [5, 5.41) is 19.9. The van der Waals surface area contributed by atoms with Gasteiger partial charge in [0.15, 0.2) is 20.4 Å². The number of thioether (sulfide) groups is 2. The van der Waals surface area contributed by atoms with Crippen molar-refractivity contribution >= 4 is 52.0 Å². The molecule has 0 aliphatic heterocycles. The first kappa shape index (κ1) is 18.1. The number of carbonyl (C=O) groups excluding carboxylic acids is 1. The van der Waals surface area contributed by atoms with Gasteiger partial charge in [-0.05, 0) is 6.26 Å². The third-order valence-corrected chi connectivity index (χ3v) is 7.15. The minimum Gasteiger partial charge on any atom is -0.297 e. The number of nitriles is 1. The third kappa shape index (κ3) is 4.46. The number of hydrogen-bond acceptors (Lipinski definition) is 9. The summed E-state index contributed by atoms with van der Waals surface area (Å²) in [4.78, 5) is 16.9. The number of aromatic nitrogens is 3. The lowest BCUT2D eigenvalue weighted by Crippen LogP contribution is -2.13. The van der Waals surface area contributed by atoms with Crippen molar-refractivity contribution in [2.75, 3.05) is 12.0 Å².